The maximum absolute atomic E-state index is 12.9. The lowest BCUT2D eigenvalue weighted by molar-refractivity contribution is 0.0654. The SMILES string of the molecule is CCN(CC)S(=O)(=O)c1ccc(C)c(C(=O)N2CCNC[C@H]2C)c1.Cl. The van der Waals surface area contributed by atoms with Crippen LogP contribution in [-0.2, 0) is 10.0 Å². The molecule has 8 heteroatoms. The minimum atomic E-state index is -3.57. The van der Waals surface area contributed by atoms with E-state index in [2.05, 4.69) is 5.32 Å². The Balaban J connectivity index is 0.00000312. The molecule has 1 amide bonds. The lowest BCUT2D eigenvalue weighted by atomic mass is 10.1. The molecule has 0 radical (unpaired) electrons. The molecule has 0 aromatic heterocycles. The molecule has 0 bridgehead atoms. The van der Waals surface area contributed by atoms with E-state index >= 15 is 0 Å². The number of aryl methyl sites for hydroxylation is 1. The first-order chi connectivity index (χ1) is 11.3. The van der Waals surface area contributed by atoms with Crippen LogP contribution in [-0.4, -0.2) is 62.3 Å². The number of hydrogen-bond donors (Lipinski definition) is 1. The van der Waals surface area contributed by atoms with Gasteiger partial charge in [0.1, 0.15) is 0 Å². The summed E-state index contributed by atoms with van der Waals surface area (Å²) in [7, 11) is -3.57. The molecule has 1 saturated heterocycles. The van der Waals surface area contributed by atoms with Crippen molar-refractivity contribution in [1.82, 2.24) is 14.5 Å². The Morgan fingerprint density at radius 3 is 2.52 bits per heavy atom. The van der Waals surface area contributed by atoms with Crippen molar-refractivity contribution in [3.8, 4) is 0 Å². The Kier molecular flexibility index (Phi) is 7.87. The van der Waals surface area contributed by atoms with Gasteiger partial charge < -0.3 is 10.2 Å². The summed E-state index contributed by atoms with van der Waals surface area (Å²) in [5, 5.41) is 3.25. The summed E-state index contributed by atoms with van der Waals surface area (Å²) in [6.07, 6.45) is 0. The molecule has 1 aliphatic rings. The van der Waals surface area contributed by atoms with Crippen molar-refractivity contribution >= 4 is 28.3 Å². The third-order valence-electron chi connectivity index (χ3n) is 4.54. The van der Waals surface area contributed by atoms with E-state index in [0.29, 0.717) is 25.2 Å². The number of nitrogens with zero attached hydrogens (tertiary/aromatic N) is 2. The average molecular weight is 390 g/mol. The number of halogens is 1. The zero-order valence-corrected chi connectivity index (χ0v) is 16.9. The number of carbonyl (C=O) groups excluding carboxylic acids is 1. The second-order valence-corrected chi connectivity index (χ2v) is 8.06. The van der Waals surface area contributed by atoms with E-state index in [1.807, 2.05) is 32.6 Å². The first-order valence-electron chi connectivity index (χ1n) is 8.45. The molecule has 142 valence electrons. The molecule has 0 spiro atoms. The minimum absolute atomic E-state index is 0. The summed E-state index contributed by atoms with van der Waals surface area (Å²) in [6, 6.07) is 4.92. The standard InChI is InChI=1S/C17H27N3O3S.ClH/c1-5-19(6-2)24(22,23)15-8-7-13(3)16(11-15)17(21)20-10-9-18-12-14(20)4;/h7-8,11,14,18H,5-6,9-10,12H2,1-4H3;1H/t14-;/m1./s1. The third kappa shape index (κ3) is 4.53. The fourth-order valence-electron chi connectivity index (χ4n) is 3.00. The summed E-state index contributed by atoms with van der Waals surface area (Å²) in [5.41, 5.74) is 1.27. The van der Waals surface area contributed by atoms with Crippen LogP contribution in [0.4, 0.5) is 0 Å². The Bertz CT molecular complexity index is 705. The molecule has 6 nitrogen and oxygen atoms in total. The molecule has 1 heterocycles. The fourth-order valence-corrected chi connectivity index (χ4v) is 4.49. The molecule has 0 unspecified atom stereocenters. The first kappa shape index (κ1) is 21.9. The average Bonchev–Trinajstić information content (AvgIpc) is 2.55. The second kappa shape index (κ2) is 8.98. The highest BCUT2D eigenvalue weighted by atomic mass is 35.5. The molecular weight excluding hydrogens is 362 g/mol. The normalized spacial score (nSPS) is 18.1. The number of benzene rings is 1. The van der Waals surface area contributed by atoms with Crippen LogP contribution in [0.15, 0.2) is 23.1 Å². The quantitative estimate of drug-likeness (QED) is 0.834. The van der Waals surface area contributed by atoms with Gasteiger partial charge in [-0.1, -0.05) is 19.9 Å². The Labute approximate surface area is 157 Å². The van der Waals surface area contributed by atoms with E-state index < -0.39 is 10.0 Å². The van der Waals surface area contributed by atoms with Gasteiger partial charge in [-0.2, -0.15) is 4.31 Å². The van der Waals surface area contributed by atoms with Crippen molar-refractivity contribution in [2.75, 3.05) is 32.7 Å². The number of hydrogen-bond acceptors (Lipinski definition) is 4. The maximum atomic E-state index is 12.9. The third-order valence-corrected chi connectivity index (χ3v) is 6.59. The number of nitrogens with one attached hydrogen (secondary N) is 1. The molecule has 25 heavy (non-hydrogen) atoms. The second-order valence-electron chi connectivity index (χ2n) is 6.12. The molecule has 0 saturated carbocycles. The van der Waals surface area contributed by atoms with E-state index in [1.54, 1.807) is 12.1 Å². The molecule has 1 aromatic carbocycles. The van der Waals surface area contributed by atoms with Crippen LogP contribution in [0.3, 0.4) is 0 Å². The van der Waals surface area contributed by atoms with Gasteiger partial charge in [0.15, 0.2) is 0 Å². The molecule has 1 N–H and O–H groups in total. The van der Waals surface area contributed by atoms with E-state index in [1.165, 1.54) is 10.4 Å². The van der Waals surface area contributed by atoms with E-state index in [4.69, 9.17) is 0 Å². The Hall–Kier alpha value is -1.15. The zero-order valence-electron chi connectivity index (χ0n) is 15.3. The van der Waals surface area contributed by atoms with Gasteiger partial charge in [0, 0.05) is 44.3 Å². The van der Waals surface area contributed by atoms with Gasteiger partial charge in [0.2, 0.25) is 10.0 Å². The summed E-state index contributed by atoms with van der Waals surface area (Å²) in [4.78, 5) is 14.9. The van der Waals surface area contributed by atoms with Gasteiger partial charge in [0.25, 0.3) is 5.91 Å². The highest BCUT2D eigenvalue weighted by molar-refractivity contribution is 7.89. The van der Waals surface area contributed by atoms with Crippen LogP contribution in [0, 0.1) is 6.92 Å². The van der Waals surface area contributed by atoms with Crippen molar-refractivity contribution in [3.63, 3.8) is 0 Å². The van der Waals surface area contributed by atoms with Crippen molar-refractivity contribution in [1.29, 1.82) is 0 Å². The largest absolute Gasteiger partial charge is 0.333 e. The summed E-state index contributed by atoms with van der Waals surface area (Å²) in [6.45, 7) is 10.4. The van der Waals surface area contributed by atoms with Crippen molar-refractivity contribution in [2.45, 2.75) is 38.6 Å². The highest BCUT2D eigenvalue weighted by Gasteiger charge is 2.28. The highest BCUT2D eigenvalue weighted by Crippen LogP contribution is 2.21. The molecule has 1 aliphatic heterocycles. The minimum Gasteiger partial charge on any atom is -0.333 e. The van der Waals surface area contributed by atoms with Gasteiger partial charge in [-0.05, 0) is 31.5 Å². The molecule has 2 rings (SSSR count). The predicted octanol–water partition coefficient (Wildman–Crippen LogP) is 1.88. The van der Waals surface area contributed by atoms with Gasteiger partial charge in [-0.25, -0.2) is 8.42 Å². The van der Waals surface area contributed by atoms with Gasteiger partial charge in [0.05, 0.1) is 4.90 Å². The van der Waals surface area contributed by atoms with Gasteiger partial charge in [-0.3, -0.25) is 4.79 Å². The molecule has 0 aliphatic carbocycles. The number of rotatable bonds is 5. The number of piperazine rings is 1. The number of sulfonamides is 1. The van der Waals surface area contributed by atoms with Crippen LogP contribution < -0.4 is 5.32 Å². The number of carbonyl (C=O) groups is 1. The topological polar surface area (TPSA) is 69.7 Å². The first-order valence-corrected chi connectivity index (χ1v) is 9.89. The van der Waals surface area contributed by atoms with E-state index in [9.17, 15) is 13.2 Å². The van der Waals surface area contributed by atoms with Crippen molar-refractivity contribution in [3.05, 3.63) is 29.3 Å². The smallest absolute Gasteiger partial charge is 0.254 e. The monoisotopic (exact) mass is 389 g/mol. The van der Waals surface area contributed by atoms with Crippen LogP contribution in [0.25, 0.3) is 0 Å². The summed E-state index contributed by atoms with van der Waals surface area (Å²) in [5.74, 6) is -0.0990. The number of amides is 1. The van der Waals surface area contributed by atoms with Gasteiger partial charge >= 0.3 is 0 Å². The van der Waals surface area contributed by atoms with Gasteiger partial charge in [-0.15, -0.1) is 12.4 Å². The van der Waals surface area contributed by atoms with Crippen molar-refractivity contribution < 1.29 is 13.2 Å². The Morgan fingerprint density at radius 1 is 1.32 bits per heavy atom. The lowest BCUT2D eigenvalue weighted by Gasteiger charge is -2.34. The summed E-state index contributed by atoms with van der Waals surface area (Å²) >= 11 is 0. The zero-order chi connectivity index (χ0) is 17.9. The van der Waals surface area contributed by atoms with Crippen LogP contribution >= 0.6 is 12.4 Å². The summed E-state index contributed by atoms with van der Waals surface area (Å²) < 4.78 is 26.8. The lowest BCUT2D eigenvalue weighted by Crippen LogP contribution is -2.52. The molecule has 1 fully saturated rings. The predicted molar refractivity (Wildman–Crippen MR) is 102 cm³/mol. The fraction of sp³-hybridized carbons (Fsp3) is 0.588. The van der Waals surface area contributed by atoms with Crippen LogP contribution in [0.2, 0.25) is 0 Å². The Morgan fingerprint density at radius 2 is 1.96 bits per heavy atom. The maximum Gasteiger partial charge on any atom is 0.254 e. The molecule has 1 atom stereocenters. The molecular formula is C17H28ClN3O3S. The van der Waals surface area contributed by atoms with Crippen LogP contribution in [0.5, 0.6) is 0 Å². The van der Waals surface area contributed by atoms with E-state index in [0.717, 1.165) is 18.7 Å². The van der Waals surface area contributed by atoms with Crippen LogP contribution in [0.1, 0.15) is 36.7 Å². The molecule has 1 aromatic rings. The van der Waals surface area contributed by atoms with E-state index in [-0.39, 0.29) is 29.3 Å². The van der Waals surface area contributed by atoms with Crippen molar-refractivity contribution in [2.24, 2.45) is 0 Å².